The lowest BCUT2D eigenvalue weighted by Gasteiger charge is -2.25. The molecule has 0 spiro atoms. The summed E-state index contributed by atoms with van der Waals surface area (Å²) < 4.78 is 0. The smallest absolute Gasteiger partial charge is 0.226 e. The first-order valence-electron chi connectivity index (χ1n) is 19.0. The average molecular weight is 697 g/mol. The number of nitrogens with zero attached hydrogens (tertiary/aromatic N) is 2. The van der Waals surface area contributed by atoms with E-state index in [1.54, 1.807) is 0 Å². The minimum absolute atomic E-state index is 0.113. The normalized spacial score (nSPS) is 18.2. The standard InChI is InChI=1S/C25H25NO.C24H23NO/c1-19-16-24(26(25(19)27)18-21-8-4-2-5-9-21)17-20-12-14-23(15-13-20)22-10-6-3-7-11-22;26-24-16-15-23(25(24)18-20-7-3-1-4-8-20)17-19-11-13-22(14-12-19)21-9-5-2-6-10-21/h2-15,19,24H,16-18H2,1H3;1-14,23H,15-18H2/t19?,24-;23-/m00/s1. The zero-order valence-corrected chi connectivity index (χ0v) is 30.6. The highest BCUT2D eigenvalue weighted by Crippen LogP contribution is 2.30. The summed E-state index contributed by atoms with van der Waals surface area (Å²) in [5, 5.41) is 0. The molecule has 2 aliphatic rings. The summed E-state index contributed by atoms with van der Waals surface area (Å²) in [7, 11) is 0. The maximum absolute atomic E-state index is 12.7. The Balaban J connectivity index is 0.000000164. The Bertz CT molecular complexity index is 2050. The number of benzene rings is 6. The van der Waals surface area contributed by atoms with E-state index in [1.165, 1.54) is 44.5 Å². The lowest BCUT2D eigenvalue weighted by molar-refractivity contribution is -0.132. The molecule has 0 aliphatic carbocycles. The van der Waals surface area contributed by atoms with Crippen molar-refractivity contribution in [1.29, 1.82) is 0 Å². The lowest BCUT2D eigenvalue weighted by atomic mass is 9.98. The highest BCUT2D eigenvalue weighted by molar-refractivity contribution is 5.81. The molecule has 6 aromatic carbocycles. The molecule has 2 fully saturated rings. The predicted molar refractivity (Wildman–Crippen MR) is 216 cm³/mol. The minimum Gasteiger partial charge on any atom is -0.335 e. The second-order valence-electron chi connectivity index (χ2n) is 14.5. The first-order valence-corrected chi connectivity index (χ1v) is 19.0. The highest BCUT2D eigenvalue weighted by Gasteiger charge is 2.36. The number of carbonyl (C=O) groups is 2. The van der Waals surface area contributed by atoms with E-state index in [0.29, 0.717) is 25.6 Å². The van der Waals surface area contributed by atoms with Gasteiger partial charge in [0.25, 0.3) is 0 Å². The van der Waals surface area contributed by atoms with Crippen molar-refractivity contribution in [2.45, 2.75) is 64.2 Å². The SMILES string of the molecule is CC1C[C@@H](Cc2ccc(-c3ccccc3)cc2)N(Cc2ccccc2)C1=O.O=C1CC[C@@H](Cc2ccc(-c3ccccc3)cc2)N1Cc1ccccc1. The fraction of sp³-hybridized carbons (Fsp3) is 0.224. The van der Waals surface area contributed by atoms with Crippen molar-refractivity contribution >= 4 is 11.8 Å². The van der Waals surface area contributed by atoms with Crippen molar-refractivity contribution in [3.63, 3.8) is 0 Å². The van der Waals surface area contributed by atoms with Gasteiger partial charge in [-0.1, -0.05) is 177 Å². The van der Waals surface area contributed by atoms with E-state index in [9.17, 15) is 9.59 Å². The summed E-state index contributed by atoms with van der Waals surface area (Å²) in [4.78, 5) is 29.2. The molecule has 0 radical (unpaired) electrons. The number of hydrogen-bond acceptors (Lipinski definition) is 2. The van der Waals surface area contributed by atoms with E-state index in [-0.39, 0.29) is 23.8 Å². The fourth-order valence-electron chi connectivity index (χ4n) is 7.75. The molecule has 2 amide bonds. The van der Waals surface area contributed by atoms with Gasteiger partial charge in [-0.3, -0.25) is 9.59 Å². The minimum atomic E-state index is 0.113. The third kappa shape index (κ3) is 9.20. The molecule has 8 rings (SSSR count). The van der Waals surface area contributed by atoms with Gasteiger partial charge in [-0.05, 0) is 70.2 Å². The van der Waals surface area contributed by atoms with Crippen LogP contribution in [0.1, 0.15) is 48.4 Å². The van der Waals surface area contributed by atoms with Crippen molar-refractivity contribution in [3.05, 3.63) is 192 Å². The third-order valence-corrected chi connectivity index (χ3v) is 10.7. The van der Waals surface area contributed by atoms with Crippen LogP contribution in [0.15, 0.2) is 170 Å². The van der Waals surface area contributed by atoms with Crippen LogP contribution >= 0.6 is 0 Å². The number of carbonyl (C=O) groups excluding carboxylic acids is 2. The van der Waals surface area contributed by atoms with Gasteiger partial charge in [0.05, 0.1) is 0 Å². The number of rotatable bonds is 10. The Morgan fingerprint density at radius 2 is 0.849 bits per heavy atom. The molecule has 266 valence electrons. The van der Waals surface area contributed by atoms with E-state index < -0.39 is 0 Å². The van der Waals surface area contributed by atoms with E-state index in [4.69, 9.17) is 0 Å². The van der Waals surface area contributed by atoms with E-state index >= 15 is 0 Å². The van der Waals surface area contributed by atoms with Gasteiger partial charge in [-0.15, -0.1) is 0 Å². The van der Waals surface area contributed by atoms with Crippen LogP contribution < -0.4 is 0 Å². The van der Waals surface area contributed by atoms with Gasteiger partial charge < -0.3 is 9.80 Å². The number of hydrogen-bond donors (Lipinski definition) is 0. The zero-order valence-electron chi connectivity index (χ0n) is 30.6. The molecule has 2 heterocycles. The van der Waals surface area contributed by atoms with Crippen LogP contribution in [0.5, 0.6) is 0 Å². The molecule has 0 N–H and O–H groups in total. The molecule has 2 saturated heterocycles. The molecule has 2 aliphatic heterocycles. The fourth-order valence-corrected chi connectivity index (χ4v) is 7.75. The molecule has 4 heteroatoms. The second-order valence-corrected chi connectivity index (χ2v) is 14.5. The highest BCUT2D eigenvalue weighted by atomic mass is 16.2. The van der Waals surface area contributed by atoms with Gasteiger partial charge in [-0.2, -0.15) is 0 Å². The number of amides is 2. The van der Waals surface area contributed by atoms with Crippen LogP contribution in [-0.2, 0) is 35.5 Å². The summed E-state index contributed by atoms with van der Waals surface area (Å²) >= 11 is 0. The number of likely N-dealkylation sites (tertiary alicyclic amines) is 2. The van der Waals surface area contributed by atoms with Crippen molar-refractivity contribution in [2.24, 2.45) is 5.92 Å². The summed E-state index contributed by atoms with van der Waals surface area (Å²) in [5.74, 6) is 0.673. The third-order valence-electron chi connectivity index (χ3n) is 10.7. The summed E-state index contributed by atoms with van der Waals surface area (Å²) in [6.07, 6.45) is 4.39. The molecule has 3 atom stereocenters. The van der Waals surface area contributed by atoms with Crippen LogP contribution in [0.25, 0.3) is 22.3 Å². The molecule has 1 unspecified atom stereocenters. The van der Waals surface area contributed by atoms with Crippen LogP contribution in [0.2, 0.25) is 0 Å². The Morgan fingerprint density at radius 1 is 0.453 bits per heavy atom. The molecular weight excluding hydrogens is 649 g/mol. The van der Waals surface area contributed by atoms with Gasteiger partial charge in [0, 0.05) is 37.5 Å². The lowest BCUT2D eigenvalue weighted by Crippen LogP contribution is -2.34. The van der Waals surface area contributed by atoms with E-state index in [0.717, 1.165) is 25.7 Å². The molecule has 0 saturated carbocycles. The average Bonchev–Trinajstić information content (AvgIpc) is 3.68. The second kappa shape index (κ2) is 17.2. The Hall–Kier alpha value is -5.74. The Kier molecular flexibility index (Phi) is 11.6. The van der Waals surface area contributed by atoms with Gasteiger partial charge >= 0.3 is 0 Å². The largest absolute Gasteiger partial charge is 0.335 e. The zero-order chi connectivity index (χ0) is 36.4. The van der Waals surface area contributed by atoms with Crippen molar-refractivity contribution in [2.75, 3.05) is 0 Å². The maximum atomic E-state index is 12.7. The van der Waals surface area contributed by atoms with Crippen molar-refractivity contribution < 1.29 is 9.59 Å². The van der Waals surface area contributed by atoms with Crippen LogP contribution in [-0.4, -0.2) is 33.7 Å². The molecular formula is C49H48N2O2. The predicted octanol–water partition coefficient (Wildman–Crippen LogP) is 10.4. The monoisotopic (exact) mass is 696 g/mol. The van der Waals surface area contributed by atoms with Gasteiger partial charge in [-0.25, -0.2) is 0 Å². The topological polar surface area (TPSA) is 40.6 Å². The Labute approximate surface area is 314 Å². The quantitative estimate of drug-likeness (QED) is 0.143. The maximum Gasteiger partial charge on any atom is 0.226 e. The van der Waals surface area contributed by atoms with Gasteiger partial charge in [0.2, 0.25) is 11.8 Å². The molecule has 53 heavy (non-hydrogen) atoms. The van der Waals surface area contributed by atoms with E-state index in [1.807, 2.05) is 48.5 Å². The first-order chi connectivity index (χ1) is 26.0. The first kappa shape index (κ1) is 35.7. The molecule has 4 nitrogen and oxygen atoms in total. The van der Waals surface area contributed by atoms with E-state index in [2.05, 4.69) is 138 Å². The van der Waals surface area contributed by atoms with Gasteiger partial charge in [0.1, 0.15) is 0 Å². The van der Waals surface area contributed by atoms with Crippen molar-refractivity contribution in [3.8, 4) is 22.3 Å². The molecule has 0 bridgehead atoms. The van der Waals surface area contributed by atoms with Crippen LogP contribution in [0.4, 0.5) is 0 Å². The molecule has 0 aromatic heterocycles. The van der Waals surface area contributed by atoms with Crippen LogP contribution in [0.3, 0.4) is 0 Å². The summed E-state index contributed by atoms with van der Waals surface area (Å²) in [6, 6.07) is 59.6. The van der Waals surface area contributed by atoms with Gasteiger partial charge in [0.15, 0.2) is 0 Å². The van der Waals surface area contributed by atoms with Crippen LogP contribution in [0, 0.1) is 5.92 Å². The molecule has 6 aromatic rings. The summed E-state index contributed by atoms with van der Waals surface area (Å²) in [6.45, 7) is 3.47. The van der Waals surface area contributed by atoms with Crippen molar-refractivity contribution in [1.82, 2.24) is 9.80 Å². The summed E-state index contributed by atoms with van der Waals surface area (Å²) in [5.41, 5.74) is 9.92. The Morgan fingerprint density at radius 3 is 1.32 bits per heavy atom.